The van der Waals surface area contributed by atoms with Crippen LogP contribution < -0.4 is 0 Å². The molecule has 0 N–H and O–H groups in total. The molecule has 2 heteroatoms. The van der Waals surface area contributed by atoms with Gasteiger partial charge in [0.1, 0.15) is 0 Å². The number of benzene rings is 1. The Balaban J connectivity index is 2.02. The van der Waals surface area contributed by atoms with E-state index in [1.165, 1.54) is 11.1 Å². The molecule has 0 unspecified atom stereocenters. The first-order valence-corrected chi connectivity index (χ1v) is 6.40. The van der Waals surface area contributed by atoms with E-state index in [0.29, 0.717) is 0 Å². The van der Waals surface area contributed by atoms with Gasteiger partial charge in [-0.05, 0) is 60.4 Å². The predicted molar refractivity (Wildman–Crippen MR) is 76.2 cm³/mol. The highest BCUT2D eigenvalue weighted by molar-refractivity contribution is 6.15. The van der Waals surface area contributed by atoms with Gasteiger partial charge in [-0.3, -0.25) is 9.78 Å². The van der Waals surface area contributed by atoms with Gasteiger partial charge in [-0.25, -0.2) is 0 Å². The second kappa shape index (κ2) is 4.47. The normalized spacial score (nSPS) is 15.9. The summed E-state index contributed by atoms with van der Waals surface area (Å²) in [5.41, 5.74) is 6.33. The maximum atomic E-state index is 12.4. The van der Waals surface area contributed by atoms with Crippen LogP contribution in [0.5, 0.6) is 0 Å². The number of ketones is 1. The lowest BCUT2D eigenvalue weighted by Gasteiger charge is -2.02. The molecule has 0 aliphatic heterocycles. The summed E-state index contributed by atoms with van der Waals surface area (Å²) in [6.07, 6.45) is 6.19. The van der Waals surface area contributed by atoms with Crippen molar-refractivity contribution in [1.29, 1.82) is 0 Å². The average molecular weight is 249 g/mol. The maximum absolute atomic E-state index is 12.4. The number of allylic oxidation sites excluding steroid dienone is 1. The number of carbonyl (C=O) groups is 1. The molecule has 0 saturated heterocycles. The van der Waals surface area contributed by atoms with Crippen LogP contribution in [0, 0.1) is 13.8 Å². The van der Waals surface area contributed by atoms with Gasteiger partial charge in [0.15, 0.2) is 5.78 Å². The predicted octanol–water partition coefficient (Wildman–Crippen LogP) is 3.52. The zero-order valence-electron chi connectivity index (χ0n) is 11.1. The van der Waals surface area contributed by atoms with Crippen molar-refractivity contribution < 1.29 is 4.79 Å². The van der Waals surface area contributed by atoms with E-state index in [1.807, 2.05) is 31.2 Å². The number of Topliss-reactive ketones (excluding diaryl/α,β-unsaturated/α-hetero) is 1. The summed E-state index contributed by atoms with van der Waals surface area (Å²) in [7, 11) is 0. The molecule has 0 atom stereocenters. The molecule has 2 nitrogen and oxygen atoms in total. The molecule has 1 aromatic carbocycles. The second-order valence-electron chi connectivity index (χ2n) is 5.05. The molecular formula is C17H15NO. The first-order valence-electron chi connectivity index (χ1n) is 6.40. The number of hydrogen-bond acceptors (Lipinski definition) is 2. The van der Waals surface area contributed by atoms with Crippen molar-refractivity contribution >= 4 is 11.9 Å². The van der Waals surface area contributed by atoms with Crippen LogP contribution in [-0.2, 0) is 6.42 Å². The summed E-state index contributed by atoms with van der Waals surface area (Å²) < 4.78 is 0. The van der Waals surface area contributed by atoms with Crippen LogP contribution in [0.3, 0.4) is 0 Å². The minimum Gasteiger partial charge on any atom is -0.289 e. The third kappa shape index (κ3) is 2.10. The molecule has 1 aromatic heterocycles. The Labute approximate surface area is 112 Å². The Morgan fingerprint density at radius 2 is 1.79 bits per heavy atom. The van der Waals surface area contributed by atoms with E-state index in [1.54, 1.807) is 12.4 Å². The molecule has 1 aliphatic rings. The third-order valence-corrected chi connectivity index (χ3v) is 3.68. The van der Waals surface area contributed by atoms with Crippen molar-refractivity contribution in [2.24, 2.45) is 0 Å². The first-order chi connectivity index (χ1) is 9.15. The van der Waals surface area contributed by atoms with E-state index in [0.717, 1.165) is 28.7 Å². The van der Waals surface area contributed by atoms with Gasteiger partial charge in [0.05, 0.1) is 0 Å². The second-order valence-corrected chi connectivity index (χ2v) is 5.05. The van der Waals surface area contributed by atoms with E-state index in [-0.39, 0.29) is 5.78 Å². The standard InChI is InChI=1S/C17H15NO/c1-11-7-14-10-15(9-13-3-5-18-6-4-13)17(19)16(14)8-12(11)2/h3-9H,10H2,1-2H3/b15-9+. The topological polar surface area (TPSA) is 30.0 Å². The quantitative estimate of drug-likeness (QED) is 0.724. The molecule has 0 radical (unpaired) electrons. The van der Waals surface area contributed by atoms with E-state index in [2.05, 4.69) is 18.0 Å². The largest absolute Gasteiger partial charge is 0.289 e. The summed E-state index contributed by atoms with van der Waals surface area (Å²) in [6.45, 7) is 4.14. The highest BCUT2D eigenvalue weighted by atomic mass is 16.1. The van der Waals surface area contributed by atoms with Crippen molar-refractivity contribution in [3.05, 3.63) is 70.0 Å². The Kier molecular flexibility index (Phi) is 2.79. The lowest BCUT2D eigenvalue weighted by Crippen LogP contribution is -1.96. The van der Waals surface area contributed by atoms with Crippen molar-refractivity contribution in [3.8, 4) is 0 Å². The average Bonchev–Trinajstić information content (AvgIpc) is 2.69. The summed E-state index contributed by atoms with van der Waals surface area (Å²) in [5.74, 6) is 0.162. The Bertz CT molecular complexity index is 684. The van der Waals surface area contributed by atoms with E-state index >= 15 is 0 Å². The Morgan fingerprint density at radius 1 is 1.11 bits per heavy atom. The van der Waals surface area contributed by atoms with Gasteiger partial charge in [0, 0.05) is 30.0 Å². The molecule has 19 heavy (non-hydrogen) atoms. The van der Waals surface area contributed by atoms with E-state index < -0.39 is 0 Å². The van der Waals surface area contributed by atoms with Crippen molar-refractivity contribution in [3.63, 3.8) is 0 Å². The number of nitrogens with zero attached hydrogens (tertiary/aromatic N) is 1. The Hall–Kier alpha value is -2.22. The highest BCUT2D eigenvalue weighted by Gasteiger charge is 2.25. The van der Waals surface area contributed by atoms with Gasteiger partial charge < -0.3 is 0 Å². The first kappa shape index (κ1) is 11.8. The number of carbonyl (C=O) groups excluding carboxylic acids is 1. The van der Waals surface area contributed by atoms with Gasteiger partial charge in [0.2, 0.25) is 0 Å². The summed E-state index contributed by atoms with van der Waals surface area (Å²) in [4.78, 5) is 16.4. The van der Waals surface area contributed by atoms with E-state index in [4.69, 9.17) is 0 Å². The Morgan fingerprint density at radius 3 is 2.53 bits per heavy atom. The molecule has 0 fully saturated rings. The zero-order chi connectivity index (χ0) is 13.4. The fourth-order valence-corrected chi connectivity index (χ4v) is 2.47. The number of aryl methyl sites for hydroxylation is 2. The summed E-state index contributed by atoms with van der Waals surface area (Å²) in [5, 5.41) is 0. The van der Waals surface area contributed by atoms with Crippen LogP contribution in [0.4, 0.5) is 0 Å². The molecule has 1 heterocycles. The van der Waals surface area contributed by atoms with E-state index in [9.17, 15) is 4.79 Å². The fourth-order valence-electron chi connectivity index (χ4n) is 2.47. The van der Waals surface area contributed by atoms with Crippen LogP contribution in [-0.4, -0.2) is 10.8 Å². The highest BCUT2D eigenvalue weighted by Crippen LogP contribution is 2.29. The van der Waals surface area contributed by atoms with Gasteiger partial charge >= 0.3 is 0 Å². The van der Waals surface area contributed by atoms with Gasteiger partial charge in [-0.15, -0.1) is 0 Å². The number of rotatable bonds is 1. The number of fused-ring (bicyclic) bond motifs is 1. The van der Waals surface area contributed by atoms with Crippen LogP contribution in [0.2, 0.25) is 0 Å². The minimum atomic E-state index is 0.162. The smallest absolute Gasteiger partial charge is 0.189 e. The number of aromatic nitrogens is 1. The minimum absolute atomic E-state index is 0.162. The van der Waals surface area contributed by atoms with Crippen LogP contribution in [0.1, 0.15) is 32.6 Å². The monoisotopic (exact) mass is 249 g/mol. The number of pyridine rings is 1. The third-order valence-electron chi connectivity index (χ3n) is 3.68. The van der Waals surface area contributed by atoms with Gasteiger partial charge in [0.25, 0.3) is 0 Å². The zero-order valence-corrected chi connectivity index (χ0v) is 11.1. The van der Waals surface area contributed by atoms with Crippen molar-refractivity contribution in [1.82, 2.24) is 4.98 Å². The van der Waals surface area contributed by atoms with Crippen LogP contribution in [0.15, 0.2) is 42.2 Å². The SMILES string of the molecule is Cc1cc2c(cc1C)C(=O)/C(=C/c1ccncc1)C2. The molecule has 0 bridgehead atoms. The molecule has 3 rings (SSSR count). The number of hydrogen-bond donors (Lipinski definition) is 0. The van der Waals surface area contributed by atoms with Crippen molar-refractivity contribution in [2.45, 2.75) is 20.3 Å². The molecule has 94 valence electrons. The molecule has 2 aromatic rings. The lowest BCUT2D eigenvalue weighted by atomic mass is 10.0. The maximum Gasteiger partial charge on any atom is 0.189 e. The fraction of sp³-hybridized carbons (Fsp3) is 0.176. The molecule has 1 aliphatic carbocycles. The lowest BCUT2D eigenvalue weighted by molar-refractivity contribution is 0.104. The summed E-state index contributed by atoms with van der Waals surface area (Å²) in [6, 6.07) is 7.98. The molecule has 0 saturated carbocycles. The molecule has 0 spiro atoms. The van der Waals surface area contributed by atoms with Gasteiger partial charge in [-0.1, -0.05) is 6.07 Å². The molecule has 0 amide bonds. The molecular weight excluding hydrogens is 234 g/mol. The van der Waals surface area contributed by atoms with Crippen LogP contribution >= 0.6 is 0 Å². The van der Waals surface area contributed by atoms with Gasteiger partial charge in [-0.2, -0.15) is 0 Å². The van der Waals surface area contributed by atoms with Crippen LogP contribution in [0.25, 0.3) is 6.08 Å². The van der Waals surface area contributed by atoms with Crippen molar-refractivity contribution in [2.75, 3.05) is 0 Å². The summed E-state index contributed by atoms with van der Waals surface area (Å²) >= 11 is 0.